The third-order valence-electron chi connectivity index (χ3n) is 5.86. The van der Waals surface area contributed by atoms with E-state index in [1.807, 2.05) is 60.7 Å². The number of amides is 3. The van der Waals surface area contributed by atoms with Crippen molar-refractivity contribution in [1.82, 2.24) is 15.5 Å². The Bertz CT molecular complexity index is 989. The minimum absolute atomic E-state index is 0.0382. The van der Waals surface area contributed by atoms with E-state index >= 15 is 0 Å². The number of Topliss-reactive ketones (excluding diaryl/α,β-unsaturated/α-hetero) is 1. The summed E-state index contributed by atoms with van der Waals surface area (Å²) in [6.07, 6.45) is 2.60. The summed E-state index contributed by atoms with van der Waals surface area (Å²) < 4.78 is 0. The SMILES string of the molecule is O=C1CCC(C(=O)N(Cc2ccccc2)C(Cc2ccccc2)C(=O)C(=O)NC2CC2)N1. The Hall–Kier alpha value is -3.48. The highest BCUT2D eigenvalue weighted by atomic mass is 16.2. The third kappa shape index (κ3) is 5.41. The fourth-order valence-electron chi connectivity index (χ4n) is 3.94. The standard InChI is InChI=1S/C25H27N3O4/c29-22-14-13-20(27-22)25(32)28(16-18-9-5-2-6-10-18)21(15-17-7-3-1-4-8-17)23(30)24(31)26-19-11-12-19/h1-10,19-21H,11-16H2,(H,26,31)(H,27,29). The van der Waals surface area contributed by atoms with Crippen LogP contribution in [-0.4, -0.2) is 46.5 Å². The molecule has 1 heterocycles. The van der Waals surface area contributed by atoms with E-state index in [1.54, 1.807) is 0 Å². The van der Waals surface area contributed by atoms with E-state index in [9.17, 15) is 19.2 Å². The smallest absolute Gasteiger partial charge is 0.289 e. The molecule has 166 valence electrons. The Morgan fingerprint density at radius 1 is 0.938 bits per heavy atom. The highest BCUT2D eigenvalue weighted by Gasteiger charge is 2.39. The Morgan fingerprint density at radius 3 is 2.12 bits per heavy atom. The molecular formula is C25H27N3O4. The fourth-order valence-corrected chi connectivity index (χ4v) is 3.94. The molecule has 2 fully saturated rings. The molecule has 1 saturated heterocycles. The molecule has 32 heavy (non-hydrogen) atoms. The van der Waals surface area contributed by atoms with Gasteiger partial charge in [0.15, 0.2) is 0 Å². The van der Waals surface area contributed by atoms with Gasteiger partial charge in [0.2, 0.25) is 17.6 Å². The number of rotatable bonds is 9. The molecule has 0 aromatic heterocycles. The molecule has 2 aromatic carbocycles. The van der Waals surface area contributed by atoms with Crippen LogP contribution < -0.4 is 10.6 Å². The molecule has 4 rings (SSSR count). The van der Waals surface area contributed by atoms with Gasteiger partial charge in [-0.05, 0) is 30.4 Å². The molecule has 0 radical (unpaired) electrons. The Balaban J connectivity index is 1.66. The number of carbonyl (C=O) groups is 4. The summed E-state index contributed by atoms with van der Waals surface area (Å²) in [7, 11) is 0. The van der Waals surface area contributed by atoms with Crippen LogP contribution in [0, 0.1) is 0 Å². The first-order valence-corrected chi connectivity index (χ1v) is 11.0. The van der Waals surface area contributed by atoms with E-state index in [0.717, 1.165) is 24.0 Å². The molecule has 0 spiro atoms. The summed E-state index contributed by atoms with van der Waals surface area (Å²) in [5.41, 5.74) is 1.70. The Morgan fingerprint density at radius 2 is 1.56 bits per heavy atom. The largest absolute Gasteiger partial charge is 0.347 e. The predicted octanol–water partition coefficient (Wildman–Crippen LogP) is 1.75. The van der Waals surface area contributed by atoms with E-state index in [4.69, 9.17) is 0 Å². The van der Waals surface area contributed by atoms with E-state index in [0.29, 0.717) is 6.42 Å². The van der Waals surface area contributed by atoms with Crippen molar-refractivity contribution < 1.29 is 19.2 Å². The second-order valence-electron chi connectivity index (χ2n) is 8.43. The van der Waals surface area contributed by atoms with Crippen LogP contribution in [0.3, 0.4) is 0 Å². The molecule has 7 nitrogen and oxygen atoms in total. The van der Waals surface area contributed by atoms with Crippen LogP contribution in [0.5, 0.6) is 0 Å². The van der Waals surface area contributed by atoms with Crippen molar-refractivity contribution >= 4 is 23.5 Å². The van der Waals surface area contributed by atoms with E-state index < -0.39 is 23.8 Å². The maximum absolute atomic E-state index is 13.5. The molecule has 2 aliphatic rings. The van der Waals surface area contributed by atoms with Crippen molar-refractivity contribution in [2.24, 2.45) is 0 Å². The van der Waals surface area contributed by atoms with Gasteiger partial charge in [0.1, 0.15) is 12.1 Å². The minimum Gasteiger partial charge on any atom is -0.347 e. The zero-order valence-corrected chi connectivity index (χ0v) is 17.8. The average Bonchev–Trinajstić information content (AvgIpc) is 3.53. The first-order chi connectivity index (χ1) is 15.5. The van der Waals surface area contributed by atoms with Crippen LogP contribution in [0.2, 0.25) is 0 Å². The van der Waals surface area contributed by atoms with Crippen molar-refractivity contribution in [2.45, 2.75) is 56.8 Å². The van der Waals surface area contributed by atoms with E-state index in [-0.39, 0.29) is 37.2 Å². The van der Waals surface area contributed by atoms with Crippen LogP contribution in [0.25, 0.3) is 0 Å². The number of hydrogen-bond acceptors (Lipinski definition) is 4. The molecule has 3 amide bonds. The lowest BCUT2D eigenvalue weighted by Gasteiger charge is -2.33. The van der Waals surface area contributed by atoms with Crippen molar-refractivity contribution in [3.8, 4) is 0 Å². The van der Waals surface area contributed by atoms with Crippen LogP contribution in [0.15, 0.2) is 60.7 Å². The molecule has 7 heteroatoms. The van der Waals surface area contributed by atoms with E-state index in [2.05, 4.69) is 10.6 Å². The summed E-state index contributed by atoms with van der Waals surface area (Å²) in [4.78, 5) is 52.8. The zero-order valence-electron chi connectivity index (χ0n) is 17.8. The second kappa shape index (κ2) is 9.77. The average molecular weight is 434 g/mol. The Labute approximate surface area is 187 Å². The lowest BCUT2D eigenvalue weighted by molar-refractivity contribution is -0.147. The van der Waals surface area contributed by atoms with Crippen molar-refractivity contribution in [2.75, 3.05) is 0 Å². The Kier molecular flexibility index (Phi) is 6.63. The lowest BCUT2D eigenvalue weighted by Crippen LogP contribution is -2.55. The first kappa shape index (κ1) is 21.7. The molecular weight excluding hydrogens is 406 g/mol. The normalized spacial score (nSPS) is 18.5. The topological polar surface area (TPSA) is 95.6 Å². The summed E-state index contributed by atoms with van der Waals surface area (Å²) in [6.45, 7) is 0.173. The maximum Gasteiger partial charge on any atom is 0.289 e. The second-order valence-corrected chi connectivity index (χ2v) is 8.43. The van der Waals surface area contributed by atoms with Gasteiger partial charge in [-0.3, -0.25) is 19.2 Å². The van der Waals surface area contributed by atoms with Gasteiger partial charge >= 0.3 is 0 Å². The van der Waals surface area contributed by atoms with Crippen molar-refractivity contribution in [3.05, 3.63) is 71.8 Å². The maximum atomic E-state index is 13.5. The first-order valence-electron chi connectivity index (χ1n) is 11.0. The van der Waals surface area contributed by atoms with Crippen LogP contribution in [0.4, 0.5) is 0 Å². The van der Waals surface area contributed by atoms with Gasteiger partial charge in [-0.2, -0.15) is 0 Å². The highest BCUT2D eigenvalue weighted by Crippen LogP contribution is 2.21. The van der Waals surface area contributed by atoms with Crippen molar-refractivity contribution in [1.29, 1.82) is 0 Å². The van der Waals surface area contributed by atoms with Crippen LogP contribution in [-0.2, 0) is 32.1 Å². The number of carbonyl (C=O) groups excluding carboxylic acids is 4. The molecule has 2 unspecified atom stereocenters. The minimum atomic E-state index is -0.971. The number of hydrogen-bond donors (Lipinski definition) is 2. The summed E-state index contributed by atoms with van der Waals surface area (Å²) in [5.74, 6) is -1.81. The van der Waals surface area contributed by atoms with Gasteiger partial charge in [0, 0.05) is 25.4 Å². The fraction of sp³-hybridized carbons (Fsp3) is 0.360. The van der Waals surface area contributed by atoms with Crippen LogP contribution >= 0.6 is 0 Å². The molecule has 2 aromatic rings. The van der Waals surface area contributed by atoms with E-state index in [1.165, 1.54) is 4.90 Å². The summed E-state index contributed by atoms with van der Waals surface area (Å²) in [6, 6.07) is 17.1. The number of ketones is 1. The number of nitrogens with zero attached hydrogens (tertiary/aromatic N) is 1. The third-order valence-corrected chi connectivity index (χ3v) is 5.86. The van der Waals surface area contributed by atoms with Gasteiger partial charge in [0.05, 0.1) is 0 Å². The quantitative estimate of drug-likeness (QED) is 0.589. The van der Waals surface area contributed by atoms with Crippen LogP contribution in [0.1, 0.15) is 36.8 Å². The lowest BCUT2D eigenvalue weighted by atomic mass is 9.98. The predicted molar refractivity (Wildman–Crippen MR) is 118 cm³/mol. The summed E-state index contributed by atoms with van der Waals surface area (Å²) in [5, 5.41) is 5.46. The van der Waals surface area contributed by atoms with Gasteiger partial charge in [-0.25, -0.2) is 0 Å². The molecule has 1 saturated carbocycles. The van der Waals surface area contributed by atoms with Gasteiger partial charge in [0.25, 0.3) is 5.91 Å². The number of benzene rings is 2. The highest BCUT2D eigenvalue weighted by molar-refractivity contribution is 6.38. The molecule has 0 bridgehead atoms. The summed E-state index contributed by atoms with van der Waals surface area (Å²) >= 11 is 0. The van der Waals surface area contributed by atoms with Gasteiger partial charge in [-0.15, -0.1) is 0 Å². The van der Waals surface area contributed by atoms with Gasteiger partial charge < -0.3 is 15.5 Å². The van der Waals surface area contributed by atoms with Crippen molar-refractivity contribution in [3.63, 3.8) is 0 Å². The number of nitrogens with one attached hydrogen (secondary N) is 2. The van der Waals surface area contributed by atoms with Gasteiger partial charge in [-0.1, -0.05) is 60.7 Å². The monoisotopic (exact) mass is 433 g/mol. The zero-order chi connectivity index (χ0) is 22.5. The molecule has 1 aliphatic heterocycles. The molecule has 2 atom stereocenters. The molecule has 2 N–H and O–H groups in total. The molecule has 1 aliphatic carbocycles.